The van der Waals surface area contributed by atoms with Gasteiger partial charge in [0, 0.05) is 6.04 Å². The number of piperidine rings is 1. The van der Waals surface area contributed by atoms with Crippen LogP contribution >= 0.6 is 0 Å². The van der Waals surface area contributed by atoms with Crippen LogP contribution in [-0.4, -0.2) is 19.7 Å². The lowest BCUT2D eigenvalue weighted by atomic mass is 9.92. The smallest absolute Gasteiger partial charge is 0.141 e. The van der Waals surface area contributed by atoms with E-state index in [9.17, 15) is 4.39 Å². The van der Waals surface area contributed by atoms with E-state index in [0.717, 1.165) is 48.2 Å². The first-order valence-electron chi connectivity index (χ1n) is 6.66. The molecule has 0 radical (unpaired) electrons. The van der Waals surface area contributed by atoms with E-state index >= 15 is 0 Å². The largest absolute Gasteiger partial charge is 0.496 e. The zero-order valence-electron chi connectivity index (χ0n) is 11.4. The van der Waals surface area contributed by atoms with Gasteiger partial charge in [-0.1, -0.05) is 6.42 Å². The molecular weight excluding hydrogens is 229 g/mol. The second kappa shape index (κ2) is 5.70. The number of halogens is 1. The molecule has 1 fully saturated rings. The molecule has 100 valence electrons. The molecule has 18 heavy (non-hydrogen) atoms. The Hall–Kier alpha value is -1.09. The number of rotatable bonds is 3. The van der Waals surface area contributed by atoms with Gasteiger partial charge in [-0.3, -0.25) is 0 Å². The number of benzene rings is 1. The standard InChI is InChI=1S/C15H22FNO/c1-10-9-14(18-3)11(2)8-12(10)15(16)13-6-4-5-7-17-13/h8-9,13,15,17H,4-7H2,1-3H3. The van der Waals surface area contributed by atoms with Crippen LogP contribution in [-0.2, 0) is 0 Å². The number of alkyl halides is 1. The van der Waals surface area contributed by atoms with E-state index in [2.05, 4.69) is 5.32 Å². The van der Waals surface area contributed by atoms with E-state index in [1.807, 2.05) is 26.0 Å². The highest BCUT2D eigenvalue weighted by Crippen LogP contribution is 2.32. The zero-order valence-corrected chi connectivity index (χ0v) is 11.4. The van der Waals surface area contributed by atoms with Crippen LogP contribution in [0.25, 0.3) is 0 Å². The fourth-order valence-corrected chi connectivity index (χ4v) is 2.67. The fraction of sp³-hybridized carbons (Fsp3) is 0.600. The highest BCUT2D eigenvalue weighted by molar-refractivity contribution is 5.42. The molecule has 2 nitrogen and oxygen atoms in total. The van der Waals surface area contributed by atoms with Gasteiger partial charge in [-0.05, 0) is 62.1 Å². The summed E-state index contributed by atoms with van der Waals surface area (Å²) < 4.78 is 19.9. The molecule has 0 saturated carbocycles. The zero-order chi connectivity index (χ0) is 13.1. The first kappa shape index (κ1) is 13.3. The van der Waals surface area contributed by atoms with Gasteiger partial charge in [-0.15, -0.1) is 0 Å². The summed E-state index contributed by atoms with van der Waals surface area (Å²) in [5.41, 5.74) is 2.77. The second-order valence-corrected chi connectivity index (χ2v) is 5.14. The van der Waals surface area contributed by atoms with E-state index in [4.69, 9.17) is 4.74 Å². The molecule has 0 aliphatic carbocycles. The minimum absolute atomic E-state index is 0.0368. The number of hydrogen-bond acceptors (Lipinski definition) is 2. The number of hydrogen-bond donors (Lipinski definition) is 1. The molecule has 1 heterocycles. The van der Waals surface area contributed by atoms with E-state index in [-0.39, 0.29) is 6.04 Å². The van der Waals surface area contributed by atoms with Gasteiger partial charge in [0.05, 0.1) is 7.11 Å². The molecule has 1 aromatic rings. The van der Waals surface area contributed by atoms with E-state index < -0.39 is 6.17 Å². The monoisotopic (exact) mass is 251 g/mol. The Balaban J connectivity index is 2.23. The molecule has 1 aliphatic rings. The van der Waals surface area contributed by atoms with E-state index in [1.54, 1.807) is 7.11 Å². The molecular formula is C15H22FNO. The van der Waals surface area contributed by atoms with Gasteiger partial charge in [0.2, 0.25) is 0 Å². The third kappa shape index (κ3) is 2.66. The van der Waals surface area contributed by atoms with Gasteiger partial charge in [-0.25, -0.2) is 4.39 Å². The van der Waals surface area contributed by atoms with Crippen molar-refractivity contribution in [1.82, 2.24) is 5.32 Å². The summed E-state index contributed by atoms with van der Waals surface area (Å²) in [5.74, 6) is 0.833. The van der Waals surface area contributed by atoms with Crippen LogP contribution in [0.2, 0.25) is 0 Å². The highest BCUT2D eigenvalue weighted by atomic mass is 19.1. The number of aryl methyl sites for hydroxylation is 2. The molecule has 1 N–H and O–H groups in total. The van der Waals surface area contributed by atoms with Crippen LogP contribution in [0.4, 0.5) is 4.39 Å². The summed E-state index contributed by atoms with van der Waals surface area (Å²) in [6.07, 6.45) is 2.27. The normalized spacial score (nSPS) is 21.7. The Kier molecular flexibility index (Phi) is 4.23. The average molecular weight is 251 g/mol. The summed E-state index contributed by atoms with van der Waals surface area (Å²) in [5, 5.41) is 3.29. The highest BCUT2D eigenvalue weighted by Gasteiger charge is 2.26. The number of nitrogens with one attached hydrogen (secondary N) is 1. The molecule has 2 atom stereocenters. The van der Waals surface area contributed by atoms with Gasteiger partial charge in [0.1, 0.15) is 11.9 Å². The molecule has 3 heteroatoms. The molecule has 2 rings (SSSR count). The average Bonchev–Trinajstić information content (AvgIpc) is 2.41. The van der Waals surface area contributed by atoms with Crippen molar-refractivity contribution in [3.63, 3.8) is 0 Å². The molecule has 0 spiro atoms. The first-order valence-corrected chi connectivity index (χ1v) is 6.66. The predicted molar refractivity (Wildman–Crippen MR) is 72.0 cm³/mol. The molecule has 1 aliphatic heterocycles. The Morgan fingerprint density at radius 3 is 2.67 bits per heavy atom. The quantitative estimate of drug-likeness (QED) is 0.888. The van der Waals surface area contributed by atoms with Crippen molar-refractivity contribution in [1.29, 1.82) is 0 Å². The number of ether oxygens (including phenoxy) is 1. The Bertz CT molecular complexity index is 413. The summed E-state index contributed by atoms with van der Waals surface area (Å²) in [6.45, 7) is 4.84. The summed E-state index contributed by atoms with van der Waals surface area (Å²) >= 11 is 0. The van der Waals surface area contributed by atoms with E-state index in [0.29, 0.717) is 0 Å². The van der Waals surface area contributed by atoms with Crippen LogP contribution in [0.3, 0.4) is 0 Å². The lowest BCUT2D eigenvalue weighted by molar-refractivity contribution is 0.220. The predicted octanol–water partition coefficient (Wildman–Crippen LogP) is 3.46. The molecule has 0 bridgehead atoms. The third-order valence-electron chi connectivity index (χ3n) is 3.78. The van der Waals surface area contributed by atoms with Gasteiger partial charge in [0.15, 0.2) is 0 Å². The topological polar surface area (TPSA) is 21.3 Å². The lowest BCUT2D eigenvalue weighted by Gasteiger charge is -2.28. The van der Waals surface area contributed by atoms with Crippen molar-refractivity contribution in [2.75, 3.05) is 13.7 Å². The SMILES string of the molecule is COc1cc(C)c(C(F)C2CCCCN2)cc1C. The Labute approximate surface area is 109 Å². The van der Waals surface area contributed by atoms with E-state index in [1.165, 1.54) is 0 Å². The van der Waals surface area contributed by atoms with Crippen molar-refractivity contribution in [3.8, 4) is 5.75 Å². The maximum atomic E-state index is 14.6. The molecule has 1 aromatic carbocycles. The summed E-state index contributed by atoms with van der Waals surface area (Å²) in [6, 6.07) is 3.82. The molecule has 1 saturated heterocycles. The van der Waals surface area contributed by atoms with Gasteiger partial charge in [0.25, 0.3) is 0 Å². The fourth-order valence-electron chi connectivity index (χ4n) is 2.67. The minimum Gasteiger partial charge on any atom is -0.496 e. The van der Waals surface area contributed by atoms with Gasteiger partial charge in [-0.2, -0.15) is 0 Å². The Morgan fingerprint density at radius 1 is 1.28 bits per heavy atom. The molecule has 2 unspecified atom stereocenters. The van der Waals surface area contributed by atoms with Crippen LogP contribution in [0, 0.1) is 13.8 Å². The summed E-state index contributed by atoms with van der Waals surface area (Å²) in [7, 11) is 1.65. The van der Waals surface area contributed by atoms with Crippen molar-refractivity contribution in [2.24, 2.45) is 0 Å². The Morgan fingerprint density at radius 2 is 2.06 bits per heavy atom. The van der Waals surface area contributed by atoms with Crippen molar-refractivity contribution < 1.29 is 9.13 Å². The number of methoxy groups -OCH3 is 1. The third-order valence-corrected chi connectivity index (χ3v) is 3.78. The minimum atomic E-state index is -0.921. The molecule has 0 aromatic heterocycles. The first-order chi connectivity index (χ1) is 8.63. The second-order valence-electron chi connectivity index (χ2n) is 5.14. The van der Waals surface area contributed by atoms with Crippen LogP contribution in [0.15, 0.2) is 12.1 Å². The lowest BCUT2D eigenvalue weighted by Crippen LogP contribution is -2.37. The van der Waals surface area contributed by atoms with Crippen molar-refractivity contribution in [3.05, 3.63) is 28.8 Å². The maximum absolute atomic E-state index is 14.6. The van der Waals surface area contributed by atoms with Gasteiger partial charge < -0.3 is 10.1 Å². The van der Waals surface area contributed by atoms with Gasteiger partial charge >= 0.3 is 0 Å². The van der Waals surface area contributed by atoms with Crippen molar-refractivity contribution in [2.45, 2.75) is 45.3 Å². The van der Waals surface area contributed by atoms with Crippen LogP contribution in [0.1, 0.15) is 42.1 Å². The maximum Gasteiger partial charge on any atom is 0.141 e. The summed E-state index contributed by atoms with van der Waals surface area (Å²) in [4.78, 5) is 0. The van der Waals surface area contributed by atoms with Crippen LogP contribution in [0.5, 0.6) is 5.75 Å². The van der Waals surface area contributed by atoms with Crippen molar-refractivity contribution >= 4 is 0 Å². The van der Waals surface area contributed by atoms with Crippen LogP contribution < -0.4 is 10.1 Å². The molecule has 0 amide bonds.